The third-order valence-electron chi connectivity index (χ3n) is 4.75. The second kappa shape index (κ2) is 7.21. The molecule has 0 radical (unpaired) electrons. The molecule has 2 aromatic heterocycles. The molecular formula is C18H18Cl2N6. The van der Waals surface area contributed by atoms with Crippen LogP contribution in [0, 0.1) is 0 Å². The molecule has 3 heterocycles. The van der Waals surface area contributed by atoms with Gasteiger partial charge in [-0.1, -0.05) is 23.2 Å². The van der Waals surface area contributed by atoms with Crippen molar-refractivity contribution in [3.05, 3.63) is 46.8 Å². The number of fused-ring (bicyclic) bond motifs is 1. The summed E-state index contributed by atoms with van der Waals surface area (Å²) in [6, 6.07) is 5.98. The second-order valence-electron chi connectivity index (χ2n) is 6.39. The number of aromatic nitrogens is 4. The molecule has 26 heavy (non-hydrogen) atoms. The molecule has 0 bridgehead atoms. The van der Waals surface area contributed by atoms with Gasteiger partial charge in [-0.25, -0.2) is 15.0 Å². The van der Waals surface area contributed by atoms with E-state index in [1.807, 2.05) is 31.4 Å². The molecule has 0 aliphatic carbocycles. The van der Waals surface area contributed by atoms with E-state index in [-0.39, 0.29) is 0 Å². The van der Waals surface area contributed by atoms with Crippen LogP contribution in [-0.4, -0.2) is 46.1 Å². The van der Waals surface area contributed by atoms with E-state index in [1.54, 1.807) is 12.4 Å². The fourth-order valence-corrected chi connectivity index (χ4v) is 3.52. The summed E-state index contributed by atoms with van der Waals surface area (Å²) in [5, 5.41) is 1.22. The standard InChI is InChI=1S/C18H18Cl2N6/c1-25(18-22-9-13(20)10-23-18)14-4-6-26(7-5-14)17-11-21-16-8-12(19)2-3-15(16)24-17/h2-3,8-11,14H,4-7H2,1H3. The molecule has 3 aromatic rings. The third-order valence-corrected chi connectivity index (χ3v) is 5.18. The summed E-state index contributed by atoms with van der Waals surface area (Å²) < 4.78 is 0. The Labute approximate surface area is 161 Å². The van der Waals surface area contributed by atoms with E-state index in [9.17, 15) is 0 Å². The molecule has 8 heteroatoms. The highest BCUT2D eigenvalue weighted by atomic mass is 35.5. The summed E-state index contributed by atoms with van der Waals surface area (Å²) in [6.07, 6.45) is 7.09. The number of hydrogen-bond donors (Lipinski definition) is 0. The van der Waals surface area contributed by atoms with Crippen molar-refractivity contribution in [2.75, 3.05) is 29.9 Å². The van der Waals surface area contributed by atoms with E-state index >= 15 is 0 Å². The van der Waals surface area contributed by atoms with Gasteiger partial charge in [-0.2, -0.15) is 0 Å². The van der Waals surface area contributed by atoms with Gasteiger partial charge in [-0.15, -0.1) is 0 Å². The molecule has 0 unspecified atom stereocenters. The lowest BCUT2D eigenvalue weighted by atomic mass is 10.0. The molecular weight excluding hydrogens is 371 g/mol. The number of anilines is 2. The lowest BCUT2D eigenvalue weighted by Gasteiger charge is -2.37. The first kappa shape index (κ1) is 17.2. The minimum absolute atomic E-state index is 0.389. The molecule has 0 spiro atoms. The van der Waals surface area contributed by atoms with E-state index in [2.05, 4.69) is 24.8 Å². The molecule has 1 aliphatic rings. The maximum absolute atomic E-state index is 6.01. The molecule has 6 nitrogen and oxygen atoms in total. The van der Waals surface area contributed by atoms with Gasteiger partial charge in [0.2, 0.25) is 5.95 Å². The lowest BCUT2D eigenvalue weighted by Crippen LogP contribution is -2.44. The van der Waals surface area contributed by atoms with Gasteiger partial charge in [0.25, 0.3) is 0 Å². The zero-order valence-electron chi connectivity index (χ0n) is 14.3. The fraction of sp³-hybridized carbons (Fsp3) is 0.333. The van der Waals surface area contributed by atoms with Crippen LogP contribution in [0.1, 0.15) is 12.8 Å². The third kappa shape index (κ3) is 3.52. The zero-order valence-corrected chi connectivity index (χ0v) is 15.8. The van der Waals surface area contributed by atoms with Crippen LogP contribution >= 0.6 is 23.2 Å². The first-order valence-electron chi connectivity index (χ1n) is 8.48. The Morgan fingerprint density at radius 2 is 1.69 bits per heavy atom. The summed E-state index contributed by atoms with van der Waals surface area (Å²) in [5.41, 5.74) is 1.68. The van der Waals surface area contributed by atoms with Crippen molar-refractivity contribution in [3.63, 3.8) is 0 Å². The van der Waals surface area contributed by atoms with Crippen molar-refractivity contribution < 1.29 is 0 Å². The molecule has 0 saturated carbocycles. The monoisotopic (exact) mass is 388 g/mol. The van der Waals surface area contributed by atoms with E-state index in [4.69, 9.17) is 28.2 Å². The van der Waals surface area contributed by atoms with Crippen LogP contribution in [0.25, 0.3) is 11.0 Å². The Balaban J connectivity index is 1.44. The molecule has 1 aliphatic heterocycles. The minimum Gasteiger partial charge on any atom is -0.355 e. The Morgan fingerprint density at radius 3 is 2.42 bits per heavy atom. The van der Waals surface area contributed by atoms with Gasteiger partial charge in [0.15, 0.2) is 0 Å². The van der Waals surface area contributed by atoms with E-state index < -0.39 is 0 Å². The predicted octanol–water partition coefficient (Wildman–Crippen LogP) is 3.83. The van der Waals surface area contributed by atoms with Crippen LogP contribution in [0.15, 0.2) is 36.8 Å². The topological polar surface area (TPSA) is 58.0 Å². The number of hydrogen-bond acceptors (Lipinski definition) is 6. The van der Waals surface area contributed by atoms with E-state index in [0.717, 1.165) is 42.8 Å². The second-order valence-corrected chi connectivity index (χ2v) is 7.26. The number of halogens is 2. The van der Waals surface area contributed by atoms with E-state index in [1.165, 1.54) is 0 Å². The normalized spacial score (nSPS) is 15.4. The Hall–Kier alpha value is -2.18. The van der Waals surface area contributed by atoms with Crippen molar-refractivity contribution in [1.29, 1.82) is 0 Å². The van der Waals surface area contributed by atoms with Gasteiger partial charge in [-0.05, 0) is 31.0 Å². The van der Waals surface area contributed by atoms with Crippen LogP contribution in [-0.2, 0) is 0 Å². The highest BCUT2D eigenvalue weighted by Gasteiger charge is 2.25. The van der Waals surface area contributed by atoms with Crippen molar-refractivity contribution >= 4 is 46.0 Å². The molecule has 1 fully saturated rings. The molecule has 0 N–H and O–H groups in total. The van der Waals surface area contributed by atoms with Crippen LogP contribution in [0.3, 0.4) is 0 Å². The first-order chi connectivity index (χ1) is 12.6. The Morgan fingerprint density at radius 1 is 0.962 bits per heavy atom. The number of nitrogens with zero attached hydrogens (tertiary/aromatic N) is 6. The predicted molar refractivity (Wildman–Crippen MR) is 105 cm³/mol. The summed E-state index contributed by atoms with van der Waals surface area (Å²) in [7, 11) is 2.03. The minimum atomic E-state index is 0.389. The van der Waals surface area contributed by atoms with Gasteiger partial charge in [0, 0.05) is 31.2 Å². The van der Waals surface area contributed by atoms with Crippen LogP contribution in [0.2, 0.25) is 10.0 Å². The average Bonchev–Trinajstić information content (AvgIpc) is 2.68. The highest BCUT2D eigenvalue weighted by molar-refractivity contribution is 6.31. The smallest absolute Gasteiger partial charge is 0.225 e. The van der Waals surface area contributed by atoms with Gasteiger partial charge >= 0.3 is 0 Å². The molecule has 0 atom stereocenters. The van der Waals surface area contributed by atoms with Gasteiger partial charge in [0.1, 0.15) is 5.82 Å². The van der Waals surface area contributed by atoms with Crippen LogP contribution in [0.4, 0.5) is 11.8 Å². The van der Waals surface area contributed by atoms with Gasteiger partial charge in [0.05, 0.1) is 34.6 Å². The fourth-order valence-electron chi connectivity index (χ4n) is 3.26. The maximum Gasteiger partial charge on any atom is 0.225 e. The zero-order chi connectivity index (χ0) is 18.1. The highest BCUT2D eigenvalue weighted by Crippen LogP contribution is 2.24. The number of piperidine rings is 1. The Bertz CT molecular complexity index is 909. The van der Waals surface area contributed by atoms with Crippen molar-refractivity contribution in [3.8, 4) is 0 Å². The van der Waals surface area contributed by atoms with Crippen molar-refractivity contribution in [1.82, 2.24) is 19.9 Å². The maximum atomic E-state index is 6.01. The van der Waals surface area contributed by atoms with Gasteiger partial charge < -0.3 is 9.80 Å². The molecule has 4 rings (SSSR count). The lowest BCUT2D eigenvalue weighted by molar-refractivity contribution is 0.475. The van der Waals surface area contributed by atoms with Crippen molar-refractivity contribution in [2.45, 2.75) is 18.9 Å². The molecule has 1 saturated heterocycles. The van der Waals surface area contributed by atoms with Crippen LogP contribution < -0.4 is 9.80 Å². The number of rotatable bonds is 3. The van der Waals surface area contributed by atoms with Crippen LogP contribution in [0.5, 0.6) is 0 Å². The van der Waals surface area contributed by atoms with Gasteiger partial charge in [-0.3, -0.25) is 4.98 Å². The largest absolute Gasteiger partial charge is 0.355 e. The van der Waals surface area contributed by atoms with Crippen molar-refractivity contribution in [2.24, 2.45) is 0 Å². The Kier molecular flexibility index (Phi) is 4.78. The molecule has 1 aromatic carbocycles. The summed E-state index contributed by atoms with van der Waals surface area (Å²) in [5.74, 6) is 1.61. The quantitative estimate of drug-likeness (QED) is 0.679. The summed E-state index contributed by atoms with van der Waals surface area (Å²) in [4.78, 5) is 22.2. The molecule has 0 amide bonds. The molecule has 134 valence electrons. The SMILES string of the molecule is CN(c1ncc(Cl)cn1)C1CCN(c2cnc3cc(Cl)ccc3n2)CC1. The average molecular weight is 389 g/mol. The summed E-state index contributed by atoms with van der Waals surface area (Å²) in [6.45, 7) is 1.83. The first-order valence-corrected chi connectivity index (χ1v) is 9.23. The number of benzene rings is 1. The summed E-state index contributed by atoms with van der Waals surface area (Å²) >= 11 is 11.9. The van der Waals surface area contributed by atoms with E-state index in [0.29, 0.717) is 22.0 Å².